The summed E-state index contributed by atoms with van der Waals surface area (Å²) in [5.41, 5.74) is 7.86. The summed E-state index contributed by atoms with van der Waals surface area (Å²) in [5.74, 6) is 0. The zero-order valence-electron chi connectivity index (χ0n) is 25.1. The average molecular weight is 639 g/mol. The lowest BCUT2D eigenvalue weighted by atomic mass is 9.89. The molecule has 0 aliphatic heterocycles. The van der Waals surface area contributed by atoms with E-state index in [4.69, 9.17) is 0 Å². The Labute approximate surface area is 256 Å². The van der Waals surface area contributed by atoms with Crippen molar-refractivity contribution in [2.24, 2.45) is 0 Å². The molecule has 0 saturated heterocycles. The van der Waals surface area contributed by atoms with E-state index < -0.39 is 23.5 Å². The van der Waals surface area contributed by atoms with Crippen molar-refractivity contribution in [3.05, 3.63) is 127 Å². The molecule has 0 bridgehead atoms. The van der Waals surface area contributed by atoms with E-state index in [1.807, 2.05) is 41.5 Å². The lowest BCUT2D eigenvalue weighted by Crippen LogP contribution is -2.08. The fourth-order valence-corrected chi connectivity index (χ4v) is 8.62. The number of rotatable bonds is 4. The average Bonchev–Trinajstić information content (AvgIpc) is 2.90. The molecule has 0 nitrogen and oxygen atoms in total. The van der Waals surface area contributed by atoms with Gasteiger partial charge in [0.1, 0.15) is 0 Å². The highest BCUT2D eigenvalue weighted by molar-refractivity contribution is 7.42. The van der Waals surface area contributed by atoms with Crippen molar-refractivity contribution in [1.29, 1.82) is 0 Å². The minimum atomic E-state index is -4.49. The lowest BCUT2D eigenvalue weighted by molar-refractivity contribution is -0.138. The van der Waals surface area contributed by atoms with Gasteiger partial charge in [0.2, 0.25) is 0 Å². The van der Waals surface area contributed by atoms with Gasteiger partial charge in [-0.25, -0.2) is 0 Å². The molecule has 0 radical (unpaired) electrons. The van der Waals surface area contributed by atoms with Crippen LogP contribution in [0.4, 0.5) is 26.3 Å². The summed E-state index contributed by atoms with van der Waals surface area (Å²) in [7, 11) is 1.77. The van der Waals surface area contributed by atoms with E-state index in [2.05, 4.69) is 24.3 Å². The lowest BCUT2D eigenvalue weighted by Gasteiger charge is -2.21. The zero-order chi connectivity index (χ0) is 32.1. The molecule has 0 saturated carbocycles. The van der Waals surface area contributed by atoms with Gasteiger partial charge in [-0.15, -0.1) is 0 Å². The van der Waals surface area contributed by atoms with Crippen molar-refractivity contribution < 1.29 is 26.3 Å². The smallest absolute Gasteiger partial charge is 0.166 e. The summed E-state index contributed by atoms with van der Waals surface area (Å²) in [5, 5.41) is 2.21. The Bertz CT molecular complexity index is 1780. The SMILES string of the molecule is Cc1cc(C)c(P=c2c(-c3ccc(C(F)(F)F)cc3)c(-c3ccc(C(F)(F)F)cc3)c2=Pc2c(C)cc(C)cc2C)c(C)c1. The van der Waals surface area contributed by atoms with E-state index >= 15 is 0 Å². The molecule has 5 aromatic carbocycles. The van der Waals surface area contributed by atoms with Crippen molar-refractivity contribution in [3.63, 3.8) is 0 Å². The molecular weight excluding hydrogens is 608 g/mol. The third kappa shape index (κ3) is 6.34. The van der Waals surface area contributed by atoms with Gasteiger partial charge in [-0.05, 0) is 99.2 Å². The van der Waals surface area contributed by atoms with Crippen LogP contribution in [0.5, 0.6) is 0 Å². The zero-order valence-corrected chi connectivity index (χ0v) is 26.9. The standard InChI is InChI=1S/C36H30F6P2/c1-19-15-21(3)31(22(4)16-19)43-33-29(25-7-11-27(12-8-25)35(37,38)39)30(26-9-13-28(14-10-26)36(40,41)42)34(33)44-32-23(5)17-20(2)18-24(32)6/h7-18H,1-6H3. The van der Waals surface area contributed by atoms with Gasteiger partial charge in [0.05, 0.1) is 11.1 Å². The van der Waals surface area contributed by atoms with Crippen LogP contribution in [-0.2, 0) is 12.4 Å². The van der Waals surface area contributed by atoms with Crippen molar-refractivity contribution in [2.75, 3.05) is 0 Å². The van der Waals surface area contributed by atoms with Crippen molar-refractivity contribution in [2.45, 2.75) is 53.9 Å². The predicted octanol–water partition coefficient (Wildman–Crippen LogP) is 11.4. The number of hydrogen-bond acceptors (Lipinski definition) is 0. The minimum Gasteiger partial charge on any atom is -0.166 e. The van der Waals surface area contributed by atoms with Crippen LogP contribution in [0, 0.1) is 51.4 Å². The molecule has 0 spiro atoms. The second-order valence-corrected chi connectivity index (χ2v) is 13.6. The molecule has 8 heteroatoms. The van der Waals surface area contributed by atoms with Gasteiger partial charge < -0.3 is 0 Å². The molecule has 0 aromatic heterocycles. The van der Waals surface area contributed by atoms with Gasteiger partial charge in [0.25, 0.3) is 0 Å². The van der Waals surface area contributed by atoms with E-state index in [0.29, 0.717) is 11.1 Å². The van der Waals surface area contributed by atoms with Crippen molar-refractivity contribution in [3.8, 4) is 22.3 Å². The molecule has 226 valence electrons. The van der Waals surface area contributed by atoms with Crippen LogP contribution in [0.25, 0.3) is 22.3 Å². The van der Waals surface area contributed by atoms with Crippen LogP contribution >= 0.6 is 16.4 Å². The third-order valence-electron chi connectivity index (χ3n) is 7.67. The highest BCUT2D eigenvalue weighted by Crippen LogP contribution is 2.45. The van der Waals surface area contributed by atoms with Gasteiger partial charge in [-0.1, -0.05) is 76.1 Å². The first-order chi connectivity index (χ1) is 20.5. The molecule has 0 fully saturated rings. The molecule has 0 aliphatic rings. The van der Waals surface area contributed by atoms with E-state index in [1.165, 1.54) is 24.3 Å². The first-order valence-electron chi connectivity index (χ1n) is 14.0. The summed E-state index contributed by atoms with van der Waals surface area (Å²) in [6, 6.07) is 18.5. The Balaban J connectivity index is 1.90. The Hall–Kier alpha value is -3.46. The van der Waals surface area contributed by atoms with Crippen LogP contribution in [0.15, 0.2) is 72.8 Å². The van der Waals surface area contributed by atoms with E-state index in [1.54, 1.807) is 0 Å². The fourth-order valence-electron chi connectivity index (χ4n) is 5.76. The summed E-state index contributed by atoms with van der Waals surface area (Å²) < 4.78 is 80.8. The maximum absolute atomic E-state index is 13.5. The molecule has 0 N–H and O–H groups in total. The van der Waals surface area contributed by atoms with E-state index in [9.17, 15) is 26.3 Å². The van der Waals surface area contributed by atoms with Crippen molar-refractivity contribution in [1.82, 2.24) is 0 Å². The van der Waals surface area contributed by atoms with Gasteiger partial charge in [-0.2, -0.15) is 26.3 Å². The number of halogens is 6. The summed E-state index contributed by atoms with van der Waals surface area (Å²) in [6.07, 6.45) is -8.97. The maximum atomic E-state index is 13.5. The van der Waals surface area contributed by atoms with Gasteiger partial charge >= 0.3 is 12.4 Å². The van der Waals surface area contributed by atoms with Crippen LogP contribution in [-0.4, -0.2) is 0 Å². The normalized spacial score (nSPS) is 13.3. The van der Waals surface area contributed by atoms with E-state index in [0.717, 1.165) is 106 Å². The van der Waals surface area contributed by atoms with Gasteiger partial charge in [0, 0.05) is 31.6 Å². The number of aryl methyl sites for hydroxylation is 6. The Morgan fingerprint density at radius 1 is 0.432 bits per heavy atom. The third-order valence-corrected chi connectivity index (χ3v) is 11.0. The molecule has 0 unspecified atom stereocenters. The largest absolute Gasteiger partial charge is 0.416 e. The molecular formula is C36H30F6P2. The Morgan fingerprint density at radius 2 is 0.705 bits per heavy atom. The number of hydrogen-bond donors (Lipinski definition) is 0. The Kier molecular flexibility index (Phi) is 8.57. The quantitative estimate of drug-likeness (QED) is 0.136. The summed E-state index contributed by atoms with van der Waals surface area (Å²) in [6.45, 7) is 12.3. The molecule has 5 rings (SSSR count). The molecule has 5 aromatic rings. The topological polar surface area (TPSA) is 0 Å². The highest BCUT2D eigenvalue weighted by Gasteiger charge is 2.32. The number of alkyl halides is 6. The first-order valence-corrected chi connectivity index (χ1v) is 15.8. The highest BCUT2D eigenvalue weighted by atomic mass is 31.1. The summed E-state index contributed by atoms with van der Waals surface area (Å²) in [4.78, 5) is 1.91. The second-order valence-electron chi connectivity index (χ2n) is 11.3. The van der Waals surface area contributed by atoms with Gasteiger partial charge in [-0.3, -0.25) is 0 Å². The van der Waals surface area contributed by atoms with Crippen LogP contribution in [0.1, 0.15) is 44.5 Å². The minimum absolute atomic E-state index is 0.592. The fraction of sp³-hybridized carbons (Fsp3) is 0.222. The molecule has 0 amide bonds. The van der Waals surface area contributed by atoms with Crippen LogP contribution in [0.2, 0.25) is 0 Å². The number of benzene rings is 4. The Morgan fingerprint density at radius 3 is 0.955 bits per heavy atom. The molecule has 44 heavy (non-hydrogen) atoms. The molecule has 0 heterocycles. The van der Waals surface area contributed by atoms with Crippen molar-refractivity contribution >= 4 is 27.0 Å². The van der Waals surface area contributed by atoms with Crippen LogP contribution in [0.3, 0.4) is 0 Å². The van der Waals surface area contributed by atoms with E-state index in [-0.39, 0.29) is 0 Å². The molecule has 0 aliphatic carbocycles. The van der Waals surface area contributed by atoms with Crippen LogP contribution < -0.4 is 10.6 Å². The maximum Gasteiger partial charge on any atom is 0.416 e. The summed E-state index contributed by atoms with van der Waals surface area (Å²) >= 11 is 0. The second kappa shape index (κ2) is 11.8. The monoisotopic (exact) mass is 638 g/mol. The first kappa shape index (κ1) is 31.9. The van der Waals surface area contributed by atoms with Gasteiger partial charge in [0.15, 0.2) is 0 Å². The molecule has 0 atom stereocenters. The predicted molar refractivity (Wildman–Crippen MR) is 171 cm³/mol.